The fraction of sp³-hybridized carbons (Fsp3) is 0.917. The molecule has 1 aliphatic heterocycles. The van der Waals surface area contributed by atoms with Crippen molar-refractivity contribution in [1.82, 2.24) is 10.2 Å². The Morgan fingerprint density at radius 2 is 2.31 bits per heavy atom. The summed E-state index contributed by atoms with van der Waals surface area (Å²) in [6.07, 6.45) is 7.06. The summed E-state index contributed by atoms with van der Waals surface area (Å²) >= 11 is 1.95. The van der Waals surface area contributed by atoms with Gasteiger partial charge >= 0.3 is 0 Å². The molecule has 1 amide bonds. The zero-order valence-electron chi connectivity index (χ0n) is 10.3. The number of hydrogen-bond acceptors (Lipinski definition) is 3. The fourth-order valence-electron chi connectivity index (χ4n) is 2.68. The van der Waals surface area contributed by atoms with Crippen molar-refractivity contribution in [2.75, 3.05) is 25.9 Å². The van der Waals surface area contributed by atoms with E-state index in [0.717, 1.165) is 26.1 Å². The van der Waals surface area contributed by atoms with Gasteiger partial charge in [0.1, 0.15) is 0 Å². The van der Waals surface area contributed by atoms with E-state index >= 15 is 0 Å². The van der Waals surface area contributed by atoms with Crippen molar-refractivity contribution in [2.45, 2.75) is 43.4 Å². The molecule has 92 valence electrons. The van der Waals surface area contributed by atoms with Crippen molar-refractivity contribution >= 4 is 17.7 Å². The second kappa shape index (κ2) is 4.96. The molecule has 1 aliphatic carbocycles. The molecule has 2 fully saturated rings. The van der Waals surface area contributed by atoms with Crippen LogP contribution in [0.3, 0.4) is 0 Å². The minimum absolute atomic E-state index is 0.0870. The highest BCUT2D eigenvalue weighted by molar-refractivity contribution is 8.00. The van der Waals surface area contributed by atoms with E-state index in [-0.39, 0.29) is 6.04 Å². The molecule has 0 aromatic carbocycles. The van der Waals surface area contributed by atoms with E-state index in [2.05, 4.69) is 23.4 Å². The van der Waals surface area contributed by atoms with Crippen molar-refractivity contribution < 1.29 is 4.79 Å². The molecule has 0 radical (unpaired) electrons. The Morgan fingerprint density at radius 1 is 1.56 bits per heavy atom. The first-order valence-electron chi connectivity index (χ1n) is 6.28. The van der Waals surface area contributed by atoms with Gasteiger partial charge in [-0.1, -0.05) is 13.3 Å². The Bertz CT molecular complexity index is 260. The fourth-order valence-corrected chi connectivity index (χ4v) is 3.66. The summed E-state index contributed by atoms with van der Waals surface area (Å²) in [5.74, 6) is 0.321. The van der Waals surface area contributed by atoms with E-state index in [4.69, 9.17) is 0 Å². The lowest BCUT2D eigenvalue weighted by Crippen LogP contribution is -2.48. The highest BCUT2D eigenvalue weighted by atomic mass is 32.2. The van der Waals surface area contributed by atoms with Crippen LogP contribution in [-0.4, -0.2) is 47.5 Å². The van der Waals surface area contributed by atoms with E-state index in [9.17, 15) is 4.79 Å². The maximum absolute atomic E-state index is 12.1. The standard InChI is InChI=1S/C12H22N2OS/c1-3-13-10-5-8-14(11(10)15)9-12(16-2)6-4-7-12/h10,13H,3-9H2,1-2H3. The van der Waals surface area contributed by atoms with Crippen LogP contribution in [0, 0.1) is 0 Å². The second-order valence-corrected chi connectivity index (χ2v) is 6.17. The average Bonchev–Trinajstić information content (AvgIpc) is 2.56. The molecule has 0 spiro atoms. The Kier molecular flexibility index (Phi) is 3.80. The van der Waals surface area contributed by atoms with Gasteiger partial charge in [0.05, 0.1) is 6.04 Å². The lowest BCUT2D eigenvalue weighted by Gasteiger charge is -2.43. The van der Waals surface area contributed by atoms with Gasteiger partial charge in [-0.15, -0.1) is 0 Å². The highest BCUT2D eigenvalue weighted by Crippen LogP contribution is 2.43. The summed E-state index contributed by atoms with van der Waals surface area (Å²) in [6, 6.07) is 0.0870. The number of nitrogens with zero attached hydrogens (tertiary/aromatic N) is 1. The van der Waals surface area contributed by atoms with Gasteiger partial charge in [-0.3, -0.25) is 4.79 Å². The van der Waals surface area contributed by atoms with Gasteiger partial charge in [0, 0.05) is 17.8 Å². The number of amides is 1. The van der Waals surface area contributed by atoms with Crippen LogP contribution in [-0.2, 0) is 4.79 Å². The highest BCUT2D eigenvalue weighted by Gasteiger charge is 2.41. The van der Waals surface area contributed by atoms with Crippen LogP contribution in [0.1, 0.15) is 32.6 Å². The molecule has 1 saturated heterocycles. The Hall–Kier alpha value is -0.220. The maximum Gasteiger partial charge on any atom is 0.239 e. The largest absolute Gasteiger partial charge is 0.340 e. The summed E-state index contributed by atoms with van der Waals surface area (Å²) in [7, 11) is 0. The number of carbonyl (C=O) groups is 1. The lowest BCUT2D eigenvalue weighted by molar-refractivity contribution is -0.130. The van der Waals surface area contributed by atoms with Crippen molar-refractivity contribution in [3.8, 4) is 0 Å². The number of hydrogen-bond donors (Lipinski definition) is 1. The summed E-state index contributed by atoms with van der Waals surface area (Å²) in [6.45, 7) is 4.86. The van der Waals surface area contributed by atoms with Gasteiger partial charge in [-0.2, -0.15) is 11.8 Å². The summed E-state index contributed by atoms with van der Waals surface area (Å²) in [5.41, 5.74) is 0. The van der Waals surface area contributed by atoms with E-state index in [1.165, 1.54) is 19.3 Å². The molecular weight excluding hydrogens is 220 g/mol. The summed E-state index contributed by atoms with van der Waals surface area (Å²) in [4.78, 5) is 14.2. The number of nitrogens with one attached hydrogen (secondary N) is 1. The maximum atomic E-state index is 12.1. The third-order valence-corrected chi connectivity index (χ3v) is 5.33. The SMILES string of the molecule is CCNC1CCN(CC2(SC)CCC2)C1=O. The minimum atomic E-state index is 0.0870. The first-order valence-corrected chi connectivity index (χ1v) is 7.50. The quantitative estimate of drug-likeness (QED) is 0.792. The van der Waals surface area contributed by atoms with Crippen molar-refractivity contribution in [2.24, 2.45) is 0 Å². The van der Waals surface area contributed by atoms with Gasteiger partial charge in [0.15, 0.2) is 0 Å². The zero-order valence-corrected chi connectivity index (χ0v) is 11.1. The van der Waals surface area contributed by atoms with Crippen LogP contribution in [0.25, 0.3) is 0 Å². The predicted molar refractivity (Wildman–Crippen MR) is 68.8 cm³/mol. The van der Waals surface area contributed by atoms with Crippen LogP contribution >= 0.6 is 11.8 Å². The molecule has 2 rings (SSSR count). The predicted octanol–water partition coefficient (Wildman–Crippen LogP) is 1.48. The molecule has 1 atom stereocenters. The van der Waals surface area contributed by atoms with Crippen molar-refractivity contribution in [3.05, 3.63) is 0 Å². The van der Waals surface area contributed by atoms with Gasteiger partial charge in [-0.05, 0) is 32.1 Å². The lowest BCUT2D eigenvalue weighted by atomic mass is 9.84. The molecule has 3 nitrogen and oxygen atoms in total. The van der Waals surface area contributed by atoms with E-state index in [1.54, 1.807) is 0 Å². The number of carbonyl (C=O) groups excluding carboxylic acids is 1. The van der Waals surface area contributed by atoms with Crippen molar-refractivity contribution in [3.63, 3.8) is 0 Å². The molecule has 1 unspecified atom stereocenters. The molecule has 1 N–H and O–H groups in total. The first-order chi connectivity index (χ1) is 7.71. The van der Waals surface area contributed by atoms with Crippen molar-refractivity contribution in [1.29, 1.82) is 0 Å². The number of thioether (sulfide) groups is 1. The van der Waals surface area contributed by atoms with E-state index in [0.29, 0.717) is 10.7 Å². The molecule has 1 saturated carbocycles. The van der Waals surface area contributed by atoms with Gasteiger partial charge in [0.25, 0.3) is 0 Å². The van der Waals surface area contributed by atoms with Crippen LogP contribution in [0.15, 0.2) is 0 Å². The number of likely N-dealkylation sites (tertiary alicyclic amines) is 1. The third kappa shape index (κ3) is 2.23. The molecule has 2 aliphatic rings. The smallest absolute Gasteiger partial charge is 0.239 e. The number of rotatable bonds is 5. The monoisotopic (exact) mass is 242 g/mol. The molecule has 0 aromatic rings. The molecule has 1 heterocycles. The van der Waals surface area contributed by atoms with Crippen LogP contribution < -0.4 is 5.32 Å². The average molecular weight is 242 g/mol. The topological polar surface area (TPSA) is 32.3 Å². The van der Waals surface area contributed by atoms with E-state index in [1.807, 2.05) is 11.8 Å². The minimum Gasteiger partial charge on any atom is -0.340 e. The number of likely N-dealkylation sites (N-methyl/N-ethyl adjacent to an activating group) is 1. The van der Waals surface area contributed by atoms with Gasteiger partial charge < -0.3 is 10.2 Å². The van der Waals surface area contributed by atoms with Gasteiger partial charge in [0.2, 0.25) is 5.91 Å². The molecule has 16 heavy (non-hydrogen) atoms. The normalized spacial score (nSPS) is 28.2. The Balaban J connectivity index is 1.89. The van der Waals surface area contributed by atoms with E-state index < -0.39 is 0 Å². The van der Waals surface area contributed by atoms with Crippen LogP contribution in [0.5, 0.6) is 0 Å². The third-order valence-electron chi connectivity index (χ3n) is 3.92. The Morgan fingerprint density at radius 3 is 2.81 bits per heavy atom. The van der Waals surface area contributed by atoms with Crippen LogP contribution in [0.2, 0.25) is 0 Å². The first kappa shape index (κ1) is 12.2. The molecular formula is C12H22N2OS. The summed E-state index contributed by atoms with van der Waals surface area (Å²) in [5, 5.41) is 3.27. The van der Waals surface area contributed by atoms with Crippen LogP contribution in [0.4, 0.5) is 0 Å². The van der Waals surface area contributed by atoms with Gasteiger partial charge in [-0.25, -0.2) is 0 Å². The summed E-state index contributed by atoms with van der Waals surface area (Å²) < 4.78 is 0.386. The zero-order chi connectivity index (χ0) is 11.6. The Labute approximate surface area is 102 Å². The molecule has 0 aromatic heterocycles. The molecule has 0 bridgehead atoms. The second-order valence-electron chi connectivity index (χ2n) is 4.90. The molecule has 4 heteroatoms.